The molecule has 0 aliphatic heterocycles. The van der Waals surface area contributed by atoms with Gasteiger partial charge in [-0.05, 0) is 55.3 Å². The SMILES string of the molecule is Cc1cc(C)c2[nH]c(=O)c(CCC(=O)NCCc3ccccc3)cc2c1. The molecule has 0 spiro atoms. The maximum absolute atomic E-state index is 12.3. The van der Waals surface area contributed by atoms with Gasteiger partial charge in [0.25, 0.3) is 5.56 Å². The number of rotatable bonds is 6. The van der Waals surface area contributed by atoms with Gasteiger partial charge < -0.3 is 10.3 Å². The quantitative estimate of drug-likeness (QED) is 0.717. The molecule has 0 atom stereocenters. The van der Waals surface area contributed by atoms with Crippen molar-refractivity contribution in [3.05, 3.63) is 81.1 Å². The Morgan fingerprint density at radius 2 is 1.81 bits per heavy atom. The fraction of sp³-hybridized carbons (Fsp3) is 0.273. The molecule has 2 aromatic carbocycles. The molecular formula is C22H24N2O2. The van der Waals surface area contributed by atoms with E-state index in [0.29, 0.717) is 24.9 Å². The predicted molar refractivity (Wildman–Crippen MR) is 106 cm³/mol. The van der Waals surface area contributed by atoms with E-state index in [9.17, 15) is 9.59 Å². The van der Waals surface area contributed by atoms with Crippen LogP contribution in [0.25, 0.3) is 10.9 Å². The minimum absolute atomic E-state index is 0.0270. The van der Waals surface area contributed by atoms with Gasteiger partial charge in [-0.3, -0.25) is 9.59 Å². The van der Waals surface area contributed by atoms with E-state index in [1.807, 2.05) is 50.2 Å². The standard InChI is InChI=1S/C22H24N2O2/c1-15-12-16(2)21-19(13-15)14-18(22(26)24-21)8-9-20(25)23-11-10-17-6-4-3-5-7-17/h3-7,12-14H,8-11H2,1-2H3,(H,23,25)(H,24,26). The lowest BCUT2D eigenvalue weighted by Gasteiger charge is -2.08. The Balaban J connectivity index is 1.59. The fourth-order valence-corrected chi connectivity index (χ4v) is 3.25. The lowest BCUT2D eigenvalue weighted by atomic mass is 10.0. The first-order chi connectivity index (χ1) is 12.5. The normalized spacial score (nSPS) is 10.8. The second-order valence-corrected chi connectivity index (χ2v) is 6.76. The Bertz CT molecular complexity index is 975. The van der Waals surface area contributed by atoms with Crippen LogP contribution in [0.2, 0.25) is 0 Å². The number of fused-ring (bicyclic) bond motifs is 1. The molecule has 1 heterocycles. The summed E-state index contributed by atoms with van der Waals surface area (Å²) < 4.78 is 0. The molecule has 134 valence electrons. The number of carbonyl (C=O) groups is 1. The second kappa shape index (κ2) is 8.00. The molecule has 2 N–H and O–H groups in total. The zero-order valence-corrected chi connectivity index (χ0v) is 15.3. The molecule has 26 heavy (non-hydrogen) atoms. The number of pyridine rings is 1. The molecule has 0 unspecified atom stereocenters. The highest BCUT2D eigenvalue weighted by molar-refractivity contribution is 5.83. The van der Waals surface area contributed by atoms with Gasteiger partial charge >= 0.3 is 0 Å². The van der Waals surface area contributed by atoms with Crippen molar-refractivity contribution in [3.8, 4) is 0 Å². The maximum atomic E-state index is 12.3. The third-order valence-corrected chi connectivity index (χ3v) is 4.57. The van der Waals surface area contributed by atoms with Crippen molar-refractivity contribution in [3.63, 3.8) is 0 Å². The number of aryl methyl sites for hydroxylation is 3. The largest absolute Gasteiger partial charge is 0.356 e. The van der Waals surface area contributed by atoms with Crippen molar-refractivity contribution in [2.45, 2.75) is 33.1 Å². The molecular weight excluding hydrogens is 324 g/mol. The molecule has 0 radical (unpaired) electrons. The van der Waals surface area contributed by atoms with E-state index in [0.717, 1.165) is 28.5 Å². The summed E-state index contributed by atoms with van der Waals surface area (Å²) >= 11 is 0. The molecule has 4 nitrogen and oxygen atoms in total. The van der Waals surface area contributed by atoms with Crippen LogP contribution in [0.5, 0.6) is 0 Å². The van der Waals surface area contributed by atoms with Crippen LogP contribution in [0.4, 0.5) is 0 Å². The number of nitrogens with one attached hydrogen (secondary N) is 2. The number of aromatic amines is 1. The fourth-order valence-electron chi connectivity index (χ4n) is 3.25. The monoisotopic (exact) mass is 348 g/mol. The number of hydrogen-bond acceptors (Lipinski definition) is 2. The second-order valence-electron chi connectivity index (χ2n) is 6.76. The zero-order valence-electron chi connectivity index (χ0n) is 15.3. The van der Waals surface area contributed by atoms with Crippen LogP contribution in [-0.4, -0.2) is 17.4 Å². The lowest BCUT2D eigenvalue weighted by Crippen LogP contribution is -2.26. The first-order valence-corrected chi connectivity index (χ1v) is 8.97. The molecule has 1 aromatic heterocycles. The van der Waals surface area contributed by atoms with Gasteiger partial charge in [-0.1, -0.05) is 42.0 Å². The van der Waals surface area contributed by atoms with Gasteiger partial charge in [0.15, 0.2) is 0 Å². The number of H-pyrrole nitrogens is 1. The van der Waals surface area contributed by atoms with E-state index < -0.39 is 0 Å². The number of carbonyl (C=O) groups excluding carboxylic acids is 1. The zero-order chi connectivity index (χ0) is 18.5. The minimum Gasteiger partial charge on any atom is -0.356 e. The van der Waals surface area contributed by atoms with Gasteiger partial charge in [-0.2, -0.15) is 0 Å². The molecule has 3 rings (SSSR count). The Hall–Kier alpha value is -2.88. The van der Waals surface area contributed by atoms with Gasteiger partial charge in [-0.15, -0.1) is 0 Å². The van der Waals surface area contributed by atoms with E-state index in [1.165, 1.54) is 5.56 Å². The summed E-state index contributed by atoms with van der Waals surface area (Å²) in [6, 6.07) is 16.1. The third-order valence-electron chi connectivity index (χ3n) is 4.57. The Kier molecular flexibility index (Phi) is 5.52. The van der Waals surface area contributed by atoms with Crippen molar-refractivity contribution in [2.75, 3.05) is 6.54 Å². The Labute approximate surface area is 153 Å². The molecule has 0 saturated carbocycles. The van der Waals surface area contributed by atoms with E-state index >= 15 is 0 Å². The van der Waals surface area contributed by atoms with E-state index in [-0.39, 0.29) is 11.5 Å². The summed E-state index contributed by atoms with van der Waals surface area (Å²) in [7, 11) is 0. The summed E-state index contributed by atoms with van der Waals surface area (Å²) in [6.07, 6.45) is 1.56. The predicted octanol–water partition coefficient (Wildman–Crippen LogP) is 3.44. The van der Waals surface area contributed by atoms with Crippen LogP contribution in [0.1, 0.15) is 28.7 Å². The van der Waals surface area contributed by atoms with Crippen LogP contribution >= 0.6 is 0 Å². The molecule has 4 heteroatoms. The highest BCUT2D eigenvalue weighted by atomic mass is 16.1. The average molecular weight is 348 g/mol. The van der Waals surface area contributed by atoms with E-state index in [2.05, 4.69) is 22.4 Å². The van der Waals surface area contributed by atoms with Crippen molar-refractivity contribution in [1.29, 1.82) is 0 Å². The molecule has 3 aromatic rings. The van der Waals surface area contributed by atoms with Gasteiger partial charge in [0.1, 0.15) is 0 Å². The van der Waals surface area contributed by atoms with Crippen LogP contribution < -0.4 is 10.9 Å². The smallest absolute Gasteiger partial charge is 0.251 e. The van der Waals surface area contributed by atoms with Crippen LogP contribution in [0.3, 0.4) is 0 Å². The first kappa shape index (κ1) is 17.9. The minimum atomic E-state index is -0.110. The number of hydrogen-bond donors (Lipinski definition) is 2. The summed E-state index contributed by atoms with van der Waals surface area (Å²) in [5, 5.41) is 3.94. The molecule has 0 aliphatic rings. The lowest BCUT2D eigenvalue weighted by molar-refractivity contribution is -0.121. The highest BCUT2D eigenvalue weighted by Gasteiger charge is 2.08. The Morgan fingerprint density at radius 1 is 1.04 bits per heavy atom. The van der Waals surface area contributed by atoms with Crippen molar-refractivity contribution >= 4 is 16.8 Å². The van der Waals surface area contributed by atoms with Gasteiger partial charge in [0, 0.05) is 18.5 Å². The van der Waals surface area contributed by atoms with Gasteiger partial charge in [0.2, 0.25) is 5.91 Å². The molecule has 1 amide bonds. The molecule has 0 fully saturated rings. The number of benzene rings is 2. The summed E-state index contributed by atoms with van der Waals surface area (Å²) in [4.78, 5) is 27.3. The van der Waals surface area contributed by atoms with Crippen molar-refractivity contribution in [2.24, 2.45) is 0 Å². The maximum Gasteiger partial charge on any atom is 0.251 e. The third kappa shape index (κ3) is 4.39. The van der Waals surface area contributed by atoms with Gasteiger partial charge in [-0.25, -0.2) is 0 Å². The topological polar surface area (TPSA) is 62.0 Å². The summed E-state index contributed by atoms with van der Waals surface area (Å²) in [5.74, 6) is -0.0270. The average Bonchev–Trinajstić information content (AvgIpc) is 2.61. The summed E-state index contributed by atoms with van der Waals surface area (Å²) in [6.45, 7) is 4.64. The van der Waals surface area contributed by atoms with E-state index in [4.69, 9.17) is 0 Å². The molecule has 0 bridgehead atoms. The van der Waals surface area contributed by atoms with Gasteiger partial charge in [0.05, 0.1) is 5.52 Å². The molecule has 0 aliphatic carbocycles. The number of amides is 1. The van der Waals surface area contributed by atoms with Crippen molar-refractivity contribution in [1.82, 2.24) is 10.3 Å². The summed E-state index contributed by atoms with van der Waals surface area (Å²) in [5.41, 5.74) is 4.83. The Morgan fingerprint density at radius 3 is 2.58 bits per heavy atom. The first-order valence-electron chi connectivity index (χ1n) is 8.97. The van der Waals surface area contributed by atoms with Crippen LogP contribution in [-0.2, 0) is 17.6 Å². The van der Waals surface area contributed by atoms with Crippen LogP contribution in [0.15, 0.2) is 53.3 Å². The van der Waals surface area contributed by atoms with Crippen molar-refractivity contribution < 1.29 is 4.79 Å². The number of aromatic nitrogens is 1. The highest BCUT2D eigenvalue weighted by Crippen LogP contribution is 2.18. The van der Waals surface area contributed by atoms with Crippen LogP contribution in [0, 0.1) is 13.8 Å². The van der Waals surface area contributed by atoms with E-state index in [1.54, 1.807) is 0 Å². The molecule has 0 saturated heterocycles.